The Kier molecular flexibility index (Phi) is 67.7. The van der Waals surface area contributed by atoms with Crippen molar-refractivity contribution in [1.82, 2.24) is 0 Å². The number of carbonyl (C=O) groups is 4. The number of aliphatic hydroxyl groups is 1. The third-order valence-electron chi connectivity index (χ3n) is 17.8. The summed E-state index contributed by atoms with van der Waals surface area (Å²) >= 11 is 0. The smallest absolute Gasteiger partial charge is 0.462 e. The molecule has 0 spiro atoms. The summed E-state index contributed by atoms with van der Waals surface area (Å²) in [6.07, 6.45) is 58.1. The highest BCUT2D eigenvalue weighted by Gasteiger charge is 2.30. The minimum Gasteiger partial charge on any atom is -0.462 e. The van der Waals surface area contributed by atoms with Crippen LogP contribution in [0.15, 0.2) is 0 Å². The number of aliphatic hydroxyl groups excluding tert-OH is 1. The van der Waals surface area contributed by atoms with Gasteiger partial charge in [-0.15, -0.1) is 0 Å². The predicted octanol–water partition coefficient (Wildman–Crippen LogP) is 22.5. The minimum atomic E-state index is -4.96. The van der Waals surface area contributed by atoms with Crippen LogP contribution in [-0.2, 0) is 65.4 Å². The molecule has 0 aliphatic carbocycles. The summed E-state index contributed by atoms with van der Waals surface area (Å²) < 4.78 is 68.5. The molecule has 2 unspecified atom stereocenters. The molecule has 19 heteroatoms. The molecule has 0 amide bonds. The van der Waals surface area contributed by atoms with E-state index in [1.165, 1.54) is 225 Å². The maximum absolute atomic E-state index is 13.1. The van der Waals surface area contributed by atoms with Gasteiger partial charge in [0.1, 0.15) is 19.3 Å². The number of carbonyl (C=O) groups excluding carboxylic acids is 4. The first-order chi connectivity index (χ1) is 46.0. The van der Waals surface area contributed by atoms with Gasteiger partial charge in [-0.1, -0.05) is 349 Å². The Morgan fingerprint density at radius 1 is 0.284 bits per heavy atom. The van der Waals surface area contributed by atoms with E-state index in [0.717, 1.165) is 95.8 Å². The summed E-state index contributed by atoms with van der Waals surface area (Å²) in [4.78, 5) is 72.8. The van der Waals surface area contributed by atoms with E-state index < -0.39 is 97.5 Å². The standard InChI is InChI=1S/C76H148O17P2/c1-6-9-12-15-18-21-24-25-27-31-36-40-45-50-55-60-74(79)87-66-72(93-76(81)62-57-52-47-42-37-32-29-26-28-30-35-38-43-48-53-58-69(4)5)68-91-95(84,85)89-64-70(77)63-88-94(82,83)90-67-71(92-75(80)61-56-51-46-41-34-23-20-17-14-11-8-3)65-86-73(78)59-54-49-44-39-33-22-19-16-13-10-7-2/h69-72,77H,6-68H2,1-5H3,(H,82,83)(H,84,85)/t70-,71+,72+/m0/s1. The molecule has 0 saturated carbocycles. The highest BCUT2D eigenvalue weighted by atomic mass is 31.2. The van der Waals surface area contributed by atoms with Crippen LogP contribution in [-0.4, -0.2) is 96.7 Å². The van der Waals surface area contributed by atoms with Gasteiger partial charge in [0.2, 0.25) is 0 Å². The van der Waals surface area contributed by atoms with Gasteiger partial charge in [-0.3, -0.25) is 37.3 Å². The van der Waals surface area contributed by atoms with Crippen LogP contribution in [0.4, 0.5) is 0 Å². The molecule has 564 valence electrons. The zero-order valence-corrected chi connectivity index (χ0v) is 63.6. The molecule has 95 heavy (non-hydrogen) atoms. The largest absolute Gasteiger partial charge is 0.472 e. The number of hydrogen-bond acceptors (Lipinski definition) is 15. The number of unbranched alkanes of at least 4 members (excludes halogenated alkanes) is 48. The number of phosphoric acid groups is 2. The van der Waals surface area contributed by atoms with Crippen LogP contribution in [0.1, 0.15) is 401 Å². The molecule has 0 rings (SSSR count). The zero-order chi connectivity index (χ0) is 69.8. The fourth-order valence-corrected chi connectivity index (χ4v) is 13.3. The second-order valence-corrected chi connectivity index (χ2v) is 30.8. The van der Waals surface area contributed by atoms with E-state index in [2.05, 4.69) is 34.6 Å². The highest BCUT2D eigenvalue weighted by molar-refractivity contribution is 7.47. The first-order valence-corrected chi connectivity index (χ1v) is 42.6. The monoisotopic (exact) mass is 1400 g/mol. The van der Waals surface area contributed by atoms with Crippen LogP contribution < -0.4 is 0 Å². The van der Waals surface area contributed by atoms with Crippen molar-refractivity contribution in [1.29, 1.82) is 0 Å². The molecule has 0 fully saturated rings. The van der Waals surface area contributed by atoms with E-state index in [1.54, 1.807) is 0 Å². The van der Waals surface area contributed by atoms with Gasteiger partial charge in [0.15, 0.2) is 12.2 Å². The number of phosphoric ester groups is 2. The van der Waals surface area contributed by atoms with Gasteiger partial charge in [0.05, 0.1) is 26.4 Å². The van der Waals surface area contributed by atoms with Gasteiger partial charge in [0.25, 0.3) is 0 Å². The number of rotatable bonds is 76. The van der Waals surface area contributed by atoms with E-state index in [0.29, 0.717) is 25.7 Å². The lowest BCUT2D eigenvalue weighted by molar-refractivity contribution is -0.161. The van der Waals surface area contributed by atoms with E-state index in [1.807, 2.05) is 0 Å². The lowest BCUT2D eigenvalue weighted by Crippen LogP contribution is -2.30. The quantitative estimate of drug-likeness (QED) is 0.0222. The van der Waals surface area contributed by atoms with Crippen molar-refractivity contribution in [3.8, 4) is 0 Å². The Morgan fingerprint density at radius 2 is 0.484 bits per heavy atom. The highest BCUT2D eigenvalue weighted by Crippen LogP contribution is 2.45. The van der Waals surface area contributed by atoms with Crippen molar-refractivity contribution in [3.63, 3.8) is 0 Å². The summed E-state index contributed by atoms with van der Waals surface area (Å²) in [7, 11) is -9.91. The Labute approximate surface area is 581 Å². The van der Waals surface area contributed by atoms with Gasteiger partial charge in [-0.25, -0.2) is 9.13 Å². The molecule has 0 aliphatic rings. The third-order valence-corrected chi connectivity index (χ3v) is 19.7. The van der Waals surface area contributed by atoms with E-state index in [4.69, 9.17) is 37.0 Å². The Hall–Kier alpha value is -1.94. The molecule has 0 aromatic rings. The van der Waals surface area contributed by atoms with Gasteiger partial charge in [-0.2, -0.15) is 0 Å². The Morgan fingerprint density at radius 3 is 0.716 bits per heavy atom. The van der Waals surface area contributed by atoms with Gasteiger partial charge >= 0.3 is 39.5 Å². The van der Waals surface area contributed by atoms with Crippen molar-refractivity contribution in [2.75, 3.05) is 39.6 Å². The Bertz CT molecular complexity index is 1820. The summed E-state index contributed by atoms with van der Waals surface area (Å²) in [6.45, 7) is 7.32. The van der Waals surface area contributed by atoms with Crippen molar-refractivity contribution < 1.29 is 80.2 Å². The number of hydrogen-bond donors (Lipinski definition) is 3. The molecule has 0 heterocycles. The van der Waals surface area contributed by atoms with Gasteiger partial charge in [0, 0.05) is 25.7 Å². The van der Waals surface area contributed by atoms with Crippen LogP contribution in [0, 0.1) is 5.92 Å². The van der Waals surface area contributed by atoms with Crippen LogP contribution in [0.3, 0.4) is 0 Å². The fourth-order valence-electron chi connectivity index (χ4n) is 11.7. The zero-order valence-electron chi connectivity index (χ0n) is 61.8. The van der Waals surface area contributed by atoms with Gasteiger partial charge in [-0.05, 0) is 31.6 Å². The normalized spacial score (nSPS) is 13.9. The van der Waals surface area contributed by atoms with Crippen molar-refractivity contribution in [3.05, 3.63) is 0 Å². The topological polar surface area (TPSA) is 237 Å². The minimum absolute atomic E-state index is 0.108. The molecule has 0 bridgehead atoms. The maximum atomic E-state index is 13.1. The molecular formula is C76H148O17P2. The Balaban J connectivity index is 5.23. The molecule has 0 radical (unpaired) electrons. The molecule has 0 aromatic carbocycles. The predicted molar refractivity (Wildman–Crippen MR) is 386 cm³/mol. The molecule has 17 nitrogen and oxygen atoms in total. The van der Waals surface area contributed by atoms with E-state index in [-0.39, 0.29) is 25.7 Å². The van der Waals surface area contributed by atoms with Gasteiger partial charge < -0.3 is 33.8 Å². The van der Waals surface area contributed by atoms with Crippen LogP contribution >= 0.6 is 15.6 Å². The lowest BCUT2D eigenvalue weighted by atomic mass is 10.0. The average Bonchev–Trinajstić information content (AvgIpc) is 1.42. The average molecular weight is 1400 g/mol. The molecule has 0 aliphatic heterocycles. The second kappa shape index (κ2) is 69.2. The molecular weight excluding hydrogens is 1250 g/mol. The summed E-state index contributed by atoms with van der Waals surface area (Å²) in [5.41, 5.74) is 0. The molecule has 3 N–H and O–H groups in total. The molecule has 5 atom stereocenters. The van der Waals surface area contributed by atoms with Crippen LogP contribution in [0.2, 0.25) is 0 Å². The fraction of sp³-hybridized carbons (Fsp3) is 0.947. The van der Waals surface area contributed by atoms with Crippen LogP contribution in [0.5, 0.6) is 0 Å². The van der Waals surface area contributed by atoms with E-state index >= 15 is 0 Å². The maximum Gasteiger partial charge on any atom is 0.472 e. The summed E-state index contributed by atoms with van der Waals surface area (Å²) in [6, 6.07) is 0. The van der Waals surface area contributed by atoms with Crippen molar-refractivity contribution in [2.24, 2.45) is 5.92 Å². The number of ether oxygens (including phenoxy) is 4. The number of esters is 4. The SMILES string of the molecule is CCCCCCCCCCCCCCCCCC(=O)OC[C@H](COP(=O)(O)OC[C@@H](O)COP(=O)(O)OC[C@@H](COC(=O)CCCCCCCCCCCCC)OC(=O)CCCCCCCCCCCCC)OC(=O)CCCCCCCCCCCCCCCCCC(C)C. The lowest BCUT2D eigenvalue weighted by Gasteiger charge is -2.21. The van der Waals surface area contributed by atoms with Crippen LogP contribution in [0.25, 0.3) is 0 Å². The van der Waals surface area contributed by atoms with Crippen molar-refractivity contribution >= 4 is 39.5 Å². The molecule has 0 saturated heterocycles. The van der Waals surface area contributed by atoms with E-state index in [9.17, 15) is 43.2 Å². The molecule has 0 aromatic heterocycles. The van der Waals surface area contributed by atoms with Crippen molar-refractivity contribution in [2.45, 2.75) is 419 Å². The second-order valence-electron chi connectivity index (χ2n) is 27.9. The first kappa shape index (κ1) is 93.1. The third kappa shape index (κ3) is 70.3. The summed E-state index contributed by atoms with van der Waals surface area (Å²) in [5.74, 6) is -1.31. The summed E-state index contributed by atoms with van der Waals surface area (Å²) in [5, 5.41) is 10.6. The first-order valence-electron chi connectivity index (χ1n) is 39.6.